The third kappa shape index (κ3) is 3.63. The number of aliphatic hydroxyl groups is 1. The summed E-state index contributed by atoms with van der Waals surface area (Å²) in [5.74, 6) is -0.648. The van der Waals surface area contributed by atoms with Gasteiger partial charge in [0.2, 0.25) is 0 Å². The predicted molar refractivity (Wildman–Crippen MR) is 110 cm³/mol. The van der Waals surface area contributed by atoms with Crippen molar-refractivity contribution < 1.29 is 28.6 Å². The highest BCUT2D eigenvalue weighted by atomic mass is 16.5. The zero-order valence-electron chi connectivity index (χ0n) is 16.9. The van der Waals surface area contributed by atoms with Crippen molar-refractivity contribution in [3.63, 3.8) is 0 Å². The third-order valence-electron chi connectivity index (χ3n) is 5.08. The van der Waals surface area contributed by atoms with E-state index in [-0.39, 0.29) is 23.4 Å². The highest BCUT2D eigenvalue weighted by Crippen LogP contribution is 2.41. The fourth-order valence-electron chi connectivity index (χ4n) is 3.60. The Hall–Kier alpha value is -4.07. The van der Waals surface area contributed by atoms with Crippen molar-refractivity contribution in [1.82, 2.24) is 9.88 Å². The molecule has 0 radical (unpaired) electrons. The first-order valence-electron chi connectivity index (χ1n) is 9.49. The minimum Gasteiger partial charge on any atom is -0.507 e. The highest BCUT2D eigenvalue weighted by Gasteiger charge is 2.47. The van der Waals surface area contributed by atoms with Crippen LogP contribution in [-0.2, 0) is 16.1 Å². The SMILES string of the molecule is COc1ccc(OC)c(/C(O)=C2\C(=O)C(=O)N(Cc3ccco3)C2c2ccccn2)c1. The first kappa shape index (κ1) is 20.2. The number of benzene rings is 1. The molecule has 4 rings (SSSR count). The number of furan rings is 1. The van der Waals surface area contributed by atoms with Crippen LogP contribution >= 0.6 is 0 Å². The molecule has 0 saturated carbocycles. The maximum absolute atomic E-state index is 13.1. The molecule has 1 aliphatic heterocycles. The van der Waals surface area contributed by atoms with E-state index in [9.17, 15) is 14.7 Å². The molecule has 3 aromatic rings. The lowest BCUT2D eigenvalue weighted by Gasteiger charge is -2.23. The van der Waals surface area contributed by atoms with E-state index in [4.69, 9.17) is 13.9 Å². The number of likely N-dealkylation sites (tertiary alicyclic amines) is 1. The van der Waals surface area contributed by atoms with Crippen LogP contribution in [0.25, 0.3) is 5.76 Å². The Balaban J connectivity index is 1.90. The predicted octanol–water partition coefficient (Wildman–Crippen LogP) is 3.31. The van der Waals surface area contributed by atoms with E-state index in [0.29, 0.717) is 23.0 Å². The summed E-state index contributed by atoms with van der Waals surface area (Å²) in [6, 6.07) is 12.5. The van der Waals surface area contributed by atoms with Crippen LogP contribution in [0, 0.1) is 0 Å². The molecule has 1 aromatic carbocycles. The Morgan fingerprint density at radius 1 is 1.13 bits per heavy atom. The molecule has 8 heteroatoms. The summed E-state index contributed by atoms with van der Waals surface area (Å²) in [4.78, 5) is 31.7. The van der Waals surface area contributed by atoms with E-state index >= 15 is 0 Å². The third-order valence-corrected chi connectivity index (χ3v) is 5.08. The largest absolute Gasteiger partial charge is 0.507 e. The lowest BCUT2D eigenvalue weighted by Crippen LogP contribution is -2.29. The van der Waals surface area contributed by atoms with Crippen LogP contribution < -0.4 is 9.47 Å². The zero-order chi connectivity index (χ0) is 22.0. The number of aromatic nitrogens is 1. The number of ketones is 1. The van der Waals surface area contributed by atoms with Crippen LogP contribution in [0.3, 0.4) is 0 Å². The number of amides is 1. The van der Waals surface area contributed by atoms with Gasteiger partial charge < -0.3 is 23.9 Å². The van der Waals surface area contributed by atoms with Crippen molar-refractivity contribution in [3.8, 4) is 11.5 Å². The Morgan fingerprint density at radius 3 is 2.61 bits per heavy atom. The van der Waals surface area contributed by atoms with E-state index in [0.717, 1.165) is 0 Å². The lowest BCUT2D eigenvalue weighted by atomic mass is 9.97. The normalized spacial score (nSPS) is 17.7. The summed E-state index contributed by atoms with van der Waals surface area (Å²) in [7, 11) is 2.94. The summed E-state index contributed by atoms with van der Waals surface area (Å²) in [5, 5.41) is 11.2. The molecule has 1 aliphatic rings. The zero-order valence-corrected chi connectivity index (χ0v) is 16.9. The van der Waals surface area contributed by atoms with Gasteiger partial charge in [0.15, 0.2) is 0 Å². The van der Waals surface area contributed by atoms with Crippen molar-refractivity contribution in [2.75, 3.05) is 14.2 Å². The van der Waals surface area contributed by atoms with Gasteiger partial charge in [-0.25, -0.2) is 0 Å². The molecule has 2 aromatic heterocycles. The fraction of sp³-hybridized carbons (Fsp3) is 0.174. The van der Waals surface area contributed by atoms with Gasteiger partial charge in [0.25, 0.3) is 11.7 Å². The Morgan fingerprint density at radius 2 is 1.97 bits per heavy atom. The molecule has 0 spiro atoms. The molecule has 1 atom stereocenters. The number of carbonyl (C=O) groups excluding carboxylic acids is 2. The van der Waals surface area contributed by atoms with Crippen LogP contribution in [0.4, 0.5) is 0 Å². The molecular weight excluding hydrogens is 400 g/mol. The fourth-order valence-corrected chi connectivity index (χ4v) is 3.60. The number of rotatable bonds is 6. The van der Waals surface area contributed by atoms with E-state index in [2.05, 4.69) is 4.98 Å². The molecular formula is C23H20N2O6. The van der Waals surface area contributed by atoms with Crippen molar-refractivity contribution in [1.29, 1.82) is 0 Å². The summed E-state index contributed by atoms with van der Waals surface area (Å²) in [5.41, 5.74) is 0.595. The molecule has 1 fully saturated rings. The Kier molecular flexibility index (Phi) is 5.44. The van der Waals surface area contributed by atoms with Gasteiger partial charge in [-0.2, -0.15) is 0 Å². The molecule has 1 saturated heterocycles. The number of methoxy groups -OCH3 is 2. The van der Waals surface area contributed by atoms with Gasteiger partial charge in [-0.3, -0.25) is 14.6 Å². The molecule has 0 bridgehead atoms. The van der Waals surface area contributed by atoms with Crippen LogP contribution in [-0.4, -0.2) is 40.9 Å². The number of Topliss-reactive ketones (excluding diaryl/α,β-unsaturated/α-hetero) is 1. The van der Waals surface area contributed by atoms with Crippen molar-refractivity contribution >= 4 is 17.4 Å². The maximum Gasteiger partial charge on any atom is 0.296 e. The maximum atomic E-state index is 13.1. The van der Waals surface area contributed by atoms with E-state index in [1.165, 1.54) is 25.4 Å². The van der Waals surface area contributed by atoms with Crippen LogP contribution in [0.1, 0.15) is 23.1 Å². The molecule has 1 amide bonds. The quantitative estimate of drug-likeness (QED) is 0.371. The number of aliphatic hydroxyl groups excluding tert-OH is 1. The first-order valence-corrected chi connectivity index (χ1v) is 9.49. The minimum atomic E-state index is -0.901. The van der Waals surface area contributed by atoms with Gasteiger partial charge in [0.05, 0.1) is 43.9 Å². The van der Waals surface area contributed by atoms with Gasteiger partial charge in [0, 0.05) is 6.20 Å². The van der Waals surface area contributed by atoms with Crippen molar-refractivity contribution in [2.45, 2.75) is 12.6 Å². The van der Waals surface area contributed by atoms with Gasteiger partial charge in [-0.05, 0) is 42.5 Å². The monoisotopic (exact) mass is 420 g/mol. The second kappa shape index (κ2) is 8.35. The van der Waals surface area contributed by atoms with Crippen LogP contribution in [0.15, 0.2) is 71.0 Å². The van der Waals surface area contributed by atoms with Gasteiger partial charge in [-0.15, -0.1) is 0 Å². The number of hydrogen-bond donors (Lipinski definition) is 1. The first-order chi connectivity index (χ1) is 15.0. The van der Waals surface area contributed by atoms with Gasteiger partial charge in [-0.1, -0.05) is 6.07 Å². The standard InChI is InChI=1S/C23H20N2O6/c1-29-14-8-9-18(30-2)16(12-14)21(26)19-20(17-7-3-4-10-24-17)25(23(28)22(19)27)13-15-6-5-11-31-15/h3-12,20,26H,13H2,1-2H3/b21-19+. The number of nitrogens with zero attached hydrogens (tertiary/aromatic N) is 2. The Bertz CT molecular complexity index is 1140. The van der Waals surface area contributed by atoms with Gasteiger partial charge >= 0.3 is 0 Å². The second-order valence-electron chi connectivity index (χ2n) is 6.83. The summed E-state index contributed by atoms with van der Waals surface area (Å²) < 4.78 is 16.0. The lowest BCUT2D eigenvalue weighted by molar-refractivity contribution is -0.140. The topological polar surface area (TPSA) is 102 Å². The van der Waals surface area contributed by atoms with E-state index in [1.54, 1.807) is 54.7 Å². The molecule has 3 heterocycles. The number of carbonyl (C=O) groups is 2. The Labute approximate surface area is 178 Å². The molecule has 0 aliphatic carbocycles. The molecule has 31 heavy (non-hydrogen) atoms. The summed E-state index contributed by atoms with van der Waals surface area (Å²) >= 11 is 0. The van der Waals surface area contributed by atoms with E-state index in [1.807, 2.05) is 0 Å². The number of ether oxygens (including phenoxy) is 2. The highest BCUT2D eigenvalue weighted by molar-refractivity contribution is 6.46. The molecule has 1 unspecified atom stereocenters. The number of hydrogen-bond acceptors (Lipinski definition) is 7. The van der Waals surface area contributed by atoms with Crippen molar-refractivity contribution in [3.05, 3.63) is 83.6 Å². The summed E-state index contributed by atoms with van der Waals surface area (Å²) in [6.45, 7) is 0.0465. The molecule has 158 valence electrons. The van der Waals surface area contributed by atoms with Crippen molar-refractivity contribution in [2.24, 2.45) is 0 Å². The minimum absolute atomic E-state index is 0.0465. The number of pyridine rings is 1. The molecule has 8 nitrogen and oxygen atoms in total. The average molecular weight is 420 g/mol. The molecule has 1 N–H and O–H groups in total. The van der Waals surface area contributed by atoms with Gasteiger partial charge in [0.1, 0.15) is 29.1 Å². The summed E-state index contributed by atoms with van der Waals surface area (Å²) in [6.07, 6.45) is 3.05. The second-order valence-corrected chi connectivity index (χ2v) is 6.83. The average Bonchev–Trinajstić information content (AvgIpc) is 3.41. The van der Waals surface area contributed by atoms with Crippen LogP contribution in [0.2, 0.25) is 0 Å². The van der Waals surface area contributed by atoms with E-state index < -0.39 is 17.7 Å². The smallest absolute Gasteiger partial charge is 0.296 e. The van der Waals surface area contributed by atoms with Crippen LogP contribution in [0.5, 0.6) is 11.5 Å².